The first-order valence-corrected chi connectivity index (χ1v) is 5.52. The zero-order valence-corrected chi connectivity index (χ0v) is 10.1. The second-order valence-corrected chi connectivity index (χ2v) is 6.05. The molecule has 0 bridgehead atoms. The van der Waals surface area contributed by atoms with Gasteiger partial charge < -0.3 is 4.90 Å². The van der Waals surface area contributed by atoms with Crippen LogP contribution in [0.4, 0.5) is 0 Å². The van der Waals surface area contributed by atoms with Crippen LogP contribution in [-0.4, -0.2) is 24.5 Å². The molecular formula is C12H25N. The first-order valence-electron chi connectivity index (χ1n) is 5.52. The van der Waals surface area contributed by atoms with E-state index < -0.39 is 0 Å². The molecular weight excluding hydrogens is 158 g/mol. The molecule has 2 atom stereocenters. The van der Waals surface area contributed by atoms with Crippen molar-refractivity contribution in [1.82, 2.24) is 4.90 Å². The van der Waals surface area contributed by atoms with E-state index in [1.807, 2.05) is 0 Å². The molecule has 2 unspecified atom stereocenters. The molecule has 13 heavy (non-hydrogen) atoms. The highest BCUT2D eigenvalue weighted by molar-refractivity contribution is 4.90. The van der Waals surface area contributed by atoms with Crippen LogP contribution in [0.15, 0.2) is 0 Å². The lowest BCUT2D eigenvalue weighted by Crippen LogP contribution is -2.29. The fourth-order valence-corrected chi connectivity index (χ4v) is 2.44. The average Bonchev–Trinajstić information content (AvgIpc) is 2.29. The largest absolute Gasteiger partial charge is 0.303 e. The Kier molecular flexibility index (Phi) is 3.06. The summed E-state index contributed by atoms with van der Waals surface area (Å²) in [6.07, 6.45) is 1.39. The fourth-order valence-electron chi connectivity index (χ4n) is 2.44. The quantitative estimate of drug-likeness (QED) is 0.604. The van der Waals surface area contributed by atoms with Gasteiger partial charge in [0, 0.05) is 12.6 Å². The molecule has 1 rings (SSSR count). The first-order chi connectivity index (χ1) is 5.82. The average molecular weight is 183 g/mol. The van der Waals surface area contributed by atoms with Crippen LogP contribution >= 0.6 is 0 Å². The zero-order chi connectivity index (χ0) is 10.2. The molecule has 0 spiro atoms. The summed E-state index contributed by atoms with van der Waals surface area (Å²) >= 11 is 0. The number of nitrogens with zero attached hydrogens (tertiary/aromatic N) is 1. The molecule has 1 fully saturated rings. The molecule has 0 radical (unpaired) electrons. The molecule has 1 saturated heterocycles. The van der Waals surface area contributed by atoms with Crippen LogP contribution in [0.2, 0.25) is 0 Å². The van der Waals surface area contributed by atoms with E-state index in [4.69, 9.17) is 0 Å². The van der Waals surface area contributed by atoms with Crippen LogP contribution in [0.1, 0.15) is 41.0 Å². The second kappa shape index (κ2) is 3.61. The maximum atomic E-state index is 2.54. The number of likely N-dealkylation sites (tertiary alicyclic amines) is 1. The predicted octanol–water partition coefficient (Wildman–Crippen LogP) is 3.01. The summed E-state index contributed by atoms with van der Waals surface area (Å²) in [5.41, 5.74) is 0.484. The van der Waals surface area contributed by atoms with Crippen molar-refractivity contribution < 1.29 is 0 Å². The van der Waals surface area contributed by atoms with Gasteiger partial charge in [0.05, 0.1) is 0 Å². The van der Waals surface area contributed by atoms with Gasteiger partial charge in [-0.05, 0) is 30.7 Å². The zero-order valence-electron chi connectivity index (χ0n) is 10.1. The van der Waals surface area contributed by atoms with Gasteiger partial charge in [-0.25, -0.2) is 0 Å². The number of rotatable bonds is 1. The van der Waals surface area contributed by atoms with Crippen LogP contribution in [0, 0.1) is 17.3 Å². The van der Waals surface area contributed by atoms with E-state index in [1.54, 1.807) is 0 Å². The van der Waals surface area contributed by atoms with Crippen molar-refractivity contribution >= 4 is 0 Å². The monoisotopic (exact) mass is 183 g/mol. The van der Waals surface area contributed by atoms with Gasteiger partial charge in [-0.2, -0.15) is 0 Å². The van der Waals surface area contributed by atoms with E-state index >= 15 is 0 Å². The molecule has 0 saturated carbocycles. The summed E-state index contributed by atoms with van der Waals surface area (Å²) in [4.78, 5) is 2.54. The smallest absolute Gasteiger partial charge is 0.0119 e. The maximum absolute atomic E-state index is 2.54. The van der Waals surface area contributed by atoms with Gasteiger partial charge >= 0.3 is 0 Å². The van der Waals surface area contributed by atoms with E-state index in [-0.39, 0.29) is 0 Å². The Bertz CT molecular complexity index is 166. The van der Waals surface area contributed by atoms with Gasteiger partial charge in [-0.1, -0.05) is 34.6 Å². The third-order valence-corrected chi connectivity index (χ3v) is 3.59. The van der Waals surface area contributed by atoms with Gasteiger partial charge in [0.15, 0.2) is 0 Å². The van der Waals surface area contributed by atoms with Crippen LogP contribution in [-0.2, 0) is 0 Å². The van der Waals surface area contributed by atoms with Gasteiger partial charge in [-0.15, -0.1) is 0 Å². The minimum absolute atomic E-state index is 0.484. The lowest BCUT2D eigenvalue weighted by Gasteiger charge is -2.26. The lowest BCUT2D eigenvalue weighted by atomic mass is 9.78. The highest BCUT2D eigenvalue weighted by Crippen LogP contribution is 2.37. The van der Waals surface area contributed by atoms with Crippen LogP contribution in [0.5, 0.6) is 0 Å². The predicted molar refractivity (Wildman–Crippen MR) is 58.8 cm³/mol. The fraction of sp³-hybridized carbons (Fsp3) is 1.00. The van der Waals surface area contributed by atoms with Crippen molar-refractivity contribution in [2.45, 2.75) is 47.1 Å². The van der Waals surface area contributed by atoms with E-state index in [2.05, 4.69) is 46.6 Å². The van der Waals surface area contributed by atoms with Gasteiger partial charge in [0.1, 0.15) is 0 Å². The Balaban J connectivity index is 2.60. The Hall–Kier alpha value is -0.0400. The highest BCUT2D eigenvalue weighted by atomic mass is 15.2. The second-order valence-electron chi connectivity index (χ2n) is 6.05. The minimum atomic E-state index is 0.484. The van der Waals surface area contributed by atoms with Crippen LogP contribution in [0.25, 0.3) is 0 Å². The van der Waals surface area contributed by atoms with Crippen molar-refractivity contribution in [2.75, 3.05) is 13.6 Å². The molecule has 0 aromatic carbocycles. The Morgan fingerprint density at radius 1 is 1.23 bits per heavy atom. The van der Waals surface area contributed by atoms with E-state index in [1.165, 1.54) is 13.0 Å². The Labute approximate surface area is 83.5 Å². The summed E-state index contributed by atoms with van der Waals surface area (Å²) in [7, 11) is 2.27. The topological polar surface area (TPSA) is 3.24 Å². The van der Waals surface area contributed by atoms with Gasteiger partial charge in [0.25, 0.3) is 0 Å². The molecule has 0 aromatic heterocycles. The molecule has 0 N–H and O–H groups in total. The molecule has 1 heterocycles. The highest BCUT2D eigenvalue weighted by Gasteiger charge is 2.37. The number of hydrogen-bond acceptors (Lipinski definition) is 1. The summed E-state index contributed by atoms with van der Waals surface area (Å²) in [5, 5.41) is 0. The van der Waals surface area contributed by atoms with E-state index in [9.17, 15) is 0 Å². The molecule has 1 nitrogen and oxygen atoms in total. The first kappa shape index (κ1) is 11.0. The minimum Gasteiger partial charge on any atom is -0.303 e. The van der Waals surface area contributed by atoms with Gasteiger partial charge in [0.2, 0.25) is 0 Å². The lowest BCUT2D eigenvalue weighted by molar-refractivity contribution is 0.234. The van der Waals surface area contributed by atoms with E-state index in [0.29, 0.717) is 5.41 Å². The molecule has 1 aliphatic heterocycles. The summed E-state index contributed by atoms with van der Waals surface area (Å²) in [5.74, 6) is 1.68. The Morgan fingerprint density at radius 2 is 1.77 bits per heavy atom. The summed E-state index contributed by atoms with van der Waals surface area (Å²) in [6.45, 7) is 13.1. The van der Waals surface area contributed by atoms with Crippen LogP contribution in [0.3, 0.4) is 0 Å². The van der Waals surface area contributed by atoms with Crippen molar-refractivity contribution in [1.29, 1.82) is 0 Å². The molecule has 1 aliphatic rings. The molecule has 0 aromatic rings. The van der Waals surface area contributed by atoms with Crippen molar-refractivity contribution in [3.63, 3.8) is 0 Å². The number of hydrogen-bond donors (Lipinski definition) is 0. The van der Waals surface area contributed by atoms with Crippen molar-refractivity contribution in [3.8, 4) is 0 Å². The summed E-state index contributed by atoms with van der Waals surface area (Å²) < 4.78 is 0. The summed E-state index contributed by atoms with van der Waals surface area (Å²) in [6, 6.07) is 0.809. The van der Waals surface area contributed by atoms with Crippen LogP contribution < -0.4 is 0 Å². The third kappa shape index (κ3) is 2.46. The molecule has 0 amide bonds. The third-order valence-electron chi connectivity index (χ3n) is 3.59. The molecule has 78 valence electrons. The SMILES string of the molecule is CC(C)C1CC(C(C)(C)C)CN1C. The molecule has 1 heteroatoms. The van der Waals surface area contributed by atoms with Crippen molar-refractivity contribution in [3.05, 3.63) is 0 Å². The van der Waals surface area contributed by atoms with Gasteiger partial charge in [-0.3, -0.25) is 0 Å². The van der Waals surface area contributed by atoms with Crippen molar-refractivity contribution in [2.24, 2.45) is 17.3 Å². The van der Waals surface area contributed by atoms with E-state index in [0.717, 1.165) is 17.9 Å². The maximum Gasteiger partial charge on any atom is 0.0119 e. The normalized spacial score (nSPS) is 31.6. The Morgan fingerprint density at radius 3 is 2.00 bits per heavy atom. The molecule has 0 aliphatic carbocycles. The standard InChI is InChI=1S/C12H25N/c1-9(2)11-7-10(8-13(11)6)12(3,4)5/h9-11H,7-8H2,1-6H3.